The van der Waals surface area contributed by atoms with Gasteiger partial charge < -0.3 is 0 Å². The first kappa shape index (κ1) is 11.8. The van der Waals surface area contributed by atoms with Crippen LogP contribution in [0.15, 0.2) is 18.2 Å². The lowest BCUT2D eigenvalue weighted by molar-refractivity contribution is -0.384. The summed E-state index contributed by atoms with van der Waals surface area (Å²) in [6.45, 7) is 0. The van der Waals surface area contributed by atoms with Gasteiger partial charge in [0.05, 0.1) is 11.0 Å². The second-order valence-corrected chi connectivity index (χ2v) is 4.38. The predicted molar refractivity (Wildman–Crippen MR) is 62.6 cm³/mol. The molecule has 1 aromatic carbocycles. The lowest BCUT2D eigenvalue weighted by Gasteiger charge is -2.10. The third-order valence-corrected chi connectivity index (χ3v) is 2.93. The van der Waals surface area contributed by atoms with Crippen LogP contribution in [-0.4, -0.2) is 11.0 Å². The van der Waals surface area contributed by atoms with Gasteiger partial charge in [-0.25, -0.2) is 0 Å². The summed E-state index contributed by atoms with van der Waals surface area (Å²) in [6, 6.07) is 6.38. The number of nitriles is 1. The number of hydrogen-bond donors (Lipinski definition) is 1. The van der Waals surface area contributed by atoms with E-state index < -0.39 is 11.0 Å². The standard InChI is InChI=1S/C11H10ClN3O2/c12-9-4-1-7(5-11(9)15(16)17)10(6-13)14-8-2-3-8/h1,4-5,8,10,14H,2-3H2. The molecule has 2 rings (SSSR count). The molecule has 0 aliphatic heterocycles. The Morgan fingerprint density at radius 3 is 2.82 bits per heavy atom. The zero-order valence-electron chi connectivity index (χ0n) is 8.89. The first-order chi connectivity index (χ1) is 8.11. The van der Waals surface area contributed by atoms with Crippen molar-refractivity contribution in [2.45, 2.75) is 24.9 Å². The number of halogens is 1. The minimum absolute atomic E-state index is 0.0851. The molecule has 1 saturated carbocycles. The van der Waals surface area contributed by atoms with Crippen LogP contribution in [0.4, 0.5) is 5.69 Å². The predicted octanol–water partition coefficient (Wildman–Crippen LogP) is 2.56. The summed E-state index contributed by atoms with van der Waals surface area (Å²) >= 11 is 5.71. The Hall–Kier alpha value is -1.64. The Morgan fingerprint density at radius 2 is 2.29 bits per heavy atom. The highest BCUT2D eigenvalue weighted by atomic mass is 35.5. The van der Waals surface area contributed by atoms with Gasteiger partial charge in [-0.05, 0) is 24.5 Å². The number of hydrogen-bond acceptors (Lipinski definition) is 4. The molecule has 0 amide bonds. The largest absolute Gasteiger partial charge is 0.295 e. The van der Waals surface area contributed by atoms with Gasteiger partial charge in [0.2, 0.25) is 0 Å². The van der Waals surface area contributed by atoms with E-state index in [-0.39, 0.29) is 10.7 Å². The molecule has 0 spiro atoms. The molecule has 88 valence electrons. The van der Waals surface area contributed by atoms with Crippen LogP contribution in [-0.2, 0) is 0 Å². The van der Waals surface area contributed by atoms with Crippen molar-refractivity contribution in [3.8, 4) is 6.07 Å². The Bertz CT molecular complexity index is 494. The quantitative estimate of drug-likeness (QED) is 0.659. The zero-order valence-corrected chi connectivity index (χ0v) is 9.65. The molecule has 0 aromatic heterocycles. The lowest BCUT2D eigenvalue weighted by atomic mass is 10.1. The number of rotatable bonds is 4. The molecule has 1 N–H and O–H groups in total. The molecule has 17 heavy (non-hydrogen) atoms. The fourth-order valence-corrected chi connectivity index (χ4v) is 1.73. The maximum absolute atomic E-state index is 10.7. The number of nitrogens with zero attached hydrogens (tertiary/aromatic N) is 2. The van der Waals surface area contributed by atoms with Crippen LogP contribution in [0, 0.1) is 21.4 Å². The molecule has 0 heterocycles. The monoisotopic (exact) mass is 251 g/mol. The van der Waals surface area contributed by atoms with Gasteiger partial charge in [0.25, 0.3) is 5.69 Å². The first-order valence-corrected chi connectivity index (χ1v) is 5.59. The van der Waals surface area contributed by atoms with Crippen molar-refractivity contribution < 1.29 is 4.92 Å². The SMILES string of the molecule is N#CC(NC1CC1)c1ccc(Cl)c([N+](=O)[O-])c1. The van der Waals surface area contributed by atoms with Crippen molar-refractivity contribution in [3.63, 3.8) is 0 Å². The van der Waals surface area contributed by atoms with Crippen molar-refractivity contribution in [2.24, 2.45) is 0 Å². The maximum atomic E-state index is 10.7. The molecule has 1 aliphatic rings. The Balaban J connectivity index is 2.27. The Morgan fingerprint density at radius 1 is 1.59 bits per heavy atom. The molecular formula is C11H10ClN3O2. The summed E-state index contributed by atoms with van der Waals surface area (Å²) in [5.41, 5.74) is 0.414. The van der Waals surface area contributed by atoms with Crippen molar-refractivity contribution in [1.82, 2.24) is 5.32 Å². The third kappa shape index (κ3) is 2.73. The van der Waals surface area contributed by atoms with E-state index in [2.05, 4.69) is 11.4 Å². The van der Waals surface area contributed by atoms with Gasteiger partial charge in [-0.1, -0.05) is 17.7 Å². The van der Waals surface area contributed by atoms with Crippen LogP contribution in [0.1, 0.15) is 24.4 Å². The summed E-state index contributed by atoms with van der Waals surface area (Å²) in [5.74, 6) is 0. The van der Waals surface area contributed by atoms with Crippen molar-refractivity contribution >= 4 is 17.3 Å². The minimum atomic E-state index is -0.544. The van der Waals surface area contributed by atoms with Crippen molar-refractivity contribution in [3.05, 3.63) is 38.9 Å². The van der Waals surface area contributed by atoms with E-state index in [4.69, 9.17) is 16.9 Å². The summed E-state index contributed by atoms with van der Waals surface area (Å²) < 4.78 is 0. The summed E-state index contributed by atoms with van der Waals surface area (Å²) in [5, 5.41) is 23.0. The number of benzene rings is 1. The number of nitro benzene ring substituents is 1. The van der Waals surface area contributed by atoms with Gasteiger partial charge in [0.15, 0.2) is 0 Å². The number of nitrogens with one attached hydrogen (secondary N) is 1. The van der Waals surface area contributed by atoms with E-state index in [0.717, 1.165) is 12.8 Å². The van der Waals surface area contributed by atoms with Gasteiger partial charge in [-0.15, -0.1) is 0 Å². The van der Waals surface area contributed by atoms with E-state index in [9.17, 15) is 10.1 Å². The van der Waals surface area contributed by atoms with Gasteiger partial charge in [-0.3, -0.25) is 15.4 Å². The molecule has 1 atom stereocenters. The number of nitro groups is 1. The molecule has 0 saturated heterocycles. The molecule has 0 radical (unpaired) electrons. The van der Waals surface area contributed by atoms with Crippen LogP contribution in [0.3, 0.4) is 0 Å². The third-order valence-electron chi connectivity index (χ3n) is 2.61. The van der Waals surface area contributed by atoms with Crippen molar-refractivity contribution in [2.75, 3.05) is 0 Å². The molecule has 1 unspecified atom stereocenters. The van der Waals surface area contributed by atoms with Crippen LogP contribution in [0.25, 0.3) is 0 Å². The normalized spacial score (nSPS) is 16.2. The average molecular weight is 252 g/mol. The molecule has 5 nitrogen and oxygen atoms in total. The molecule has 1 aliphatic carbocycles. The van der Waals surface area contributed by atoms with Gasteiger partial charge in [0, 0.05) is 12.1 Å². The van der Waals surface area contributed by atoms with E-state index in [1.807, 2.05) is 0 Å². The van der Waals surface area contributed by atoms with Crippen LogP contribution in [0.5, 0.6) is 0 Å². The fraction of sp³-hybridized carbons (Fsp3) is 0.364. The first-order valence-electron chi connectivity index (χ1n) is 5.21. The van der Waals surface area contributed by atoms with Crippen molar-refractivity contribution in [1.29, 1.82) is 5.26 Å². The van der Waals surface area contributed by atoms with Crippen LogP contribution < -0.4 is 5.32 Å². The van der Waals surface area contributed by atoms with E-state index >= 15 is 0 Å². The van der Waals surface area contributed by atoms with E-state index in [1.165, 1.54) is 12.1 Å². The molecule has 1 aromatic rings. The maximum Gasteiger partial charge on any atom is 0.288 e. The fourth-order valence-electron chi connectivity index (χ4n) is 1.54. The molecule has 0 bridgehead atoms. The van der Waals surface area contributed by atoms with Crippen LogP contribution >= 0.6 is 11.6 Å². The summed E-state index contributed by atoms with van der Waals surface area (Å²) in [4.78, 5) is 10.2. The van der Waals surface area contributed by atoms with Gasteiger partial charge in [0.1, 0.15) is 11.1 Å². The summed E-state index contributed by atoms with van der Waals surface area (Å²) in [7, 11) is 0. The average Bonchev–Trinajstić information content (AvgIpc) is 3.10. The minimum Gasteiger partial charge on any atom is -0.295 e. The molecule has 1 fully saturated rings. The van der Waals surface area contributed by atoms with Gasteiger partial charge in [-0.2, -0.15) is 5.26 Å². The highest BCUT2D eigenvalue weighted by Crippen LogP contribution is 2.29. The van der Waals surface area contributed by atoms with E-state index in [1.54, 1.807) is 6.07 Å². The second kappa shape index (κ2) is 4.70. The van der Waals surface area contributed by atoms with E-state index in [0.29, 0.717) is 11.6 Å². The molecular weight excluding hydrogens is 242 g/mol. The highest BCUT2D eigenvalue weighted by molar-refractivity contribution is 6.32. The second-order valence-electron chi connectivity index (χ2n) is 3.97. The lowest BCUT2D eigenvalue weighted by Crippen LogP contribution is -2.22. The topological polar surface area (TPSA) is 79.0 Å². The Kier molecular flexibility index (Phi) is 3.27. The summed E-state index contributed by atoms with van der Waals surface area (Å²) in [6.07, 6.45) is 2.10. The molecule has 6 heteroatoms. The smallest absolute Gasteiger partial charge is 0.288 e. The Labute approximate surface area is 103 Å². The van der Waals surface area contributed by atoms with Gasteiger partial charge >= 0.3 is 0 Å². The zero-order chi connectivity index (χ0) is 12.4. The highest BCUT2D eigenvalue weighted by Gasteiger charge is 2.26. The van der Waals surface area contributed by atoms with Crippen LogP contribution in [0.2, 0.25) is 5.02 Å².